The molecule has 0 aromatic heterocycles. The first kappa shape index (κ1) is 14.0. The van der Waals surface area contributed by atoms with Crippen molar-refractivity contribution in [2.24, 2.45) is 0 Å². The van der Waals surface area contributed by atoms with Gasteiger partial charge < -0.3 is 9.22 Å². The minimum absolute atomic E-state index is 0.264. The number of nitrogens with zero attached hydrogens (tertiary/aromatic N) is 1. The quantitative estimate of drug-likeness (QED) is 0.534. The van der Waals surface area contributed by atoms with Crippen molar-refractivity contribution in [2.45, 2.75) is 6.92 Å². The minimum Gasteiger partial charge on any atom is -0.370 e. The van der Waals surface area contributed by atoms with Crippen LogP contribution in [0.15, 0.2) is 0 Å². The van der Waals surface area contributed by atoms with Crippen LogP contribution in [-0.4, -0.2) is 65.5 Å². The predicted octanol–water partition coefficient (Wildman–Crippen LogP) is -0.595. The van der Waals surface area contributed by atoms with E-state index in [-0.39, 0.29) is 5.88 Å². The highest BCUT2D eigenvalue weighted by molar-refractivity contribution is 8.02. The second-order valence-electron chi connectivity index (χ2n) is 3.99. The Morgan fingerprint density at radius 2 is 1.94 bits per heavy atom. The van der Waals surface area contributed by atoms with Crippen molar-refractivity contribution in [3.05, 3.63) is 0 Å². The van der Waals surface area contributed by atoms with E-state index in [1.54, 1.807) is 0 Å². The molecule has 1 rings (SSSR count). The largest absolute Gasteiger partial charge is 0.370 e. The lowest BCUT2D eigenvalue weighted by Gasteiger charge is -2.39. The second kappa shape index (κ2) is 5.54. The molecule has 1 aliphatic heterocycles. The van der Waals surface area contributed by atoms with Crippen LogP contribution in [0.4, 0.5) is 0 Å². The third kappa shape index (κ3) is 4.46. The van der Waals surface area contributed by atoms with Gasteiger partial charge in [-0.1, -0.05) is 0 Å². The number of hydrogen-bond acceptors (Lipinski definition) is 4. The average molecular weight is 272 g/mol. The SMILES string of the molecule is CC[N+]1(CS(=O)CS(=O)(=O)O)CCOCC1. The number of hydrogen-bond donors (Lipinski definition) is 1. The first-order valence-corrected chi connectivity index (χ1v) is 8.20. The summed E-state index contributed by atoms with van der Waals surface area (Å²) in [5, 5.41) is -0.673. The molecule has 1 aliphatic rings. The monoisotopic (exact) mass is 272 g/mol. The molecular weight excluding hydrogens is 254 g/mol. The predicted molar refractivity (Wildman–Crippen MR) is 60.8 cm³/mol. The lowest BCUT2D eigenvalue weighted by Crippen LogP contribution is -2.56. The summed E-state index contributed by atoms with van der Waals surface area (Å²) in [6, 6.07) is 0. The van der Waals surface area contributed by atoms with Crippen LogP contribution < -0.4 is 0 Å². The van der Waals surface area contributed by atoms with Crippen molar-refractivity contribution in [3.63, 3.8) is 0 Å². The molecular formula is C8H18NO5S2+. The number of quaternary nitrogens is 1. The van der Waals surface area contributed by atoms with Crippen LogP contribution in [0.25, 0.3) is 0 Å². The van der Waals surface area contributed by atoms with Crippen molar-refractivity contribution in [1.29, 1.82) is 0 Å². The smallest absolute Gasteiger partial charge is 0.277 e. The molecule has 96 valence electrons. The Morgan fingerprint density at radius 3 is 2.38 bits per heavy atom. The van der Waals surface area contributed by atoms with E-state index in [0.717, 1.165) is 19.6 Å². The molecule has 0 saturated carbocycles. The maximum atomic E-state index is 11.6. The Hall–Kier alpha value is -0.0200. The van der Waals surface area contributed by atoms with Gasteiger partial charge in [0.05, 0.1) is 30.6 Å². The van der Waals surface area contributed by atoms with Crippen LogP contribution in [0, 0.1) is 0 Å². The van der Waals surface area contributed by atoms with Crippen molar-refractivity contribution >= 4 is 20.9 Å². The van der Waals surface area contributed by atoms with Gasteiger partial charge in [-0.2, -0.15) is 8.42 Å². The molecule has 0 aromatic rings. The molecule has 1 unspecified atom stereocenters. The zero-order chi connectivity index (χ0) is 12.2. The first-order chi connectivity index (χ1) is 7.37. The third-order valence-electron chi connectivity index (χ3n) is 2.79. The third-order valence-corrected chi connectivity index (χ3v) is 5.87. The van der Waals surface area contributed by atoms with Crippen LogP contribution in [0.1, 0.15) is 6.92 Å². The highest BCUT2D eigenvalue weighted by atomic mass is 32.3. The normalized spacial score (nSPS) is 22.9. The summed E-state index contributed by atoms with van der Waals surface area (Å²) >= 11 is 0. The topological polar surface area (TPSA) is 80.7 Å². The summed E-state index contributed by atoms with van der Waals surface area (Å²) in [6.07, 6.45) is 0. The van der Waals surface area contributed by atoms with E-state index < -0.39 is 26.0 Å². The van der Waals surface area contributed by atoms with Crippen molar-refractivity contribution < 1.29 is 26.4 Å². The van der Waals surface area contributed by atoms with Gasteiger partial charge in [-0.15, -0.1) is 0 Å². The van der Waals surface area contributed by atoms with Gasteiger partial charge >= 0.3 is 0 Å². The molecule has 0 spiro atoms. The zero-order valence-electron chi connectivity index (χ0n) is 9.29. The van der Waals surface area contributed by atoms with Gasteiger partial charge in [0.25, 0.3) is 10.1 Å². The number of likely N-dealkylation sites (N-methyl/N-ethyl adjacent to an activating group) is 1. The molecule has 1 heterocycles. The fourth-order valence-corrected chi connectivity index (χ4v) is 4.45. The maximum absolute atomic E-state index is 11.6. The second-order valence-corrected chi connectivity index (χ2v) is 7.23. The Bertz CT molecular complexity index is 347. The van der Waals surface area contributed by atoms with Crippen LogP contribution in [0.2, 0.25) is 0 Å². The van der Waals surface area contributed by atoms with E-state index in [1.165, 1.54) is 0 Å². The van der Waals surface area contributed by atoms with Crippen molar-refractivity contribution in [3.8, 4) is 0 Å². The summed E-state index contributed by atoms with van der Waals surface area (Å²) < 4.78 is 47.3. The average Bonchev–Trinajstić information content (AvgIpc) is 2.16. The van der Waals surface area contributed by atoms with Crippen LogP contribution in [0.5, 0.6) is 0 Å². The number of ether oxygens (including phenoxy) is 1. The Labute approximate surface area is 98.4 Å². The highest BCUT2D eigenvalue weighted by Gasteiger charge is 2.31. The Morgan fingerprint density at radius 1 is 1.38 bits per heavy atom. The lowest BCUT2D eigenvalue weighted by molar-refractivity contribution is -0.922. The zero-order valence-corrected chi connectivity index (χ0v) is 10.9. The number of morpholine rings is 1. The fourth-order valence-electron chi connectivity index (χ4n) is 1.78. The van der Waals surface area contributed by atoms with Crippen molar-refractivity contribution in [1.82, 2.24) is 0 Å². The van der Waals surface area contributed by atoms with Gasteiger partial charge in [0.1, 0.15) is 13.1 Å². The molecule has 1 fully saturated rings. The molecule has 0 aromatic carbocycles. The first-order valence-electron chi connectivity index (χ1n) is 5.10. The Kier molecular flexibility index (Phi) is 4.87. The van der Waals surface area contributed by atoms with E-state index >= 15 is 0 Å². The molecule has 6 nitrogen and oxygen atoms in total. The summed E-state index contributed by atoms with van der Waals surface area (Å²) in [7, 11) is -5.70. The minimum atomic E-state index is -4.15. The highest BCUT2D eigenvalue weighted by Crippen LogP contribution is 2.12. The van der Waals surface area contributed by atoms with Gasteiger partial charge in [0.15, 0.2) is 11.0 Å². The van der Waals surface area contributed by atoms with Crippen molar-refractivity contribution in [2.75, 3.05) is 43.8 Å². The summed E-state index contributed by atoms with van der Waals surface area (Å²) in [4.78, 5) is 0. The van der Waals surface area contributed by atoms with Crippen LogP contribution in [-0.2, 0) is 25.7 Å². The van der Waals surface area contributed by atoms with E-state index in [9.17, 15) is 12.6 Å². The summed E-state index contributed by atoms with van der Waals surface area (Å²) in [5.74, 6) is 0.264. The fraction of sp³-hybridized carbons (Fsp3) is 1.00. The van der Waals surface area contributed by atoms with Crippen LogP contribution in [0.3, 0.4) is 0 Å². The Balaban J connectivity index is 2.59. The van der Waals surface area contributed by atoms with Gasteiger partial charge in [-0.25, -0.2) is 0 Å². The molecule has 0 bridgehead atoms. The summed E-state index contributed by atoms with van der Waals surface area (Å²) in [5.41, 5.74) is 0. The molecule has 0 amide bonds. The molecule has 1 saturated heterocycles. The number of rotatable bonds is 5. The molecule has 1 atom stereocenters. The lowest BCUT2D eigenvalue weighted by atomic mass is 10.3. The molecule has 16 heavy (non-hydrogen) atoms. The van der Waals surface area contributed by atoms with E-state index in [4.69, 9.17) is 9.29 Å². The molecule has 8 heteroatoms. The molecule has 0 aliphatic carbocycles. The molecule has 1 N–H and O–H groups in total. The van der Waals surface area contributed by atoms with Gasteiger partial charge in [0, 0.05) is 0 Å². The van der Waals surface area contributed by atoms with E-state index in [2.05, 4.69) is 0 Å². The molecule has 0 radical (unpaired) electrons. The van der Waals surface area contributed by atoms with Gasteiger partial charge in [0.2, 0.25) is 0 Å². The van der Waals surface area contributed by atoms with E-state index in [1.807, 2.05) is 6.92 Å². The van der Waals surface area contributed by atoms with E-state index in [0.29, 0.717) is 17.7 Å². The van der Waals surface area contributed by atoms with Crippen LogP contribution >= 0.6 is 0 Å². The summed E-state index contributed by atoms with van der Waals surface area (Å²) in [6.45, 7) is 5.48. The van der Waals surface area contributed by atoms with Gasteiger partial charge in [-0.3, -0.25) is 8.76 Å². The standard InChI is InChI=1S/C8H17NO5S2/c1-2-9(3-5-14-6-4-9)7-15(10)8-16(11,12)13/h2-8H2,1H3/p+1. The van der Waals surface area contributed by atoms with Gasteiger partial charge in [-0.05, 0) is 6.92 Å². The maximum Gasteiger partial charge on any atom is 0.277 e.